The number of anilines is 1. The first-order valence-corrected chi connectivity index (χ1v) is 5.89. The van der Waals surface area contributed by atoms with Crippen molar-refractivity contribution in [3.8, 4) is 0 Å². The molecule has 0 aliphatic rings. The van der Waals surface area contributed by atoms with E-state index < -0.39 is 23.9 Å². The fraction of sp³-hybridized carbons (Fsp3) is 0.385. The molecular weight excluding hydrogens is 251 g/mol. The zero-order chi connectivity index (χ0) is 14.6. The van der Waals surface area contributed by atoms with Crippen LogP contribution in [0.2, 0.25) is 0 Å². The highest BCUT2D eigenvalue weighted by molar-refractivity contribution is 5.92. The number of carbonyl (C=O) groups excluding carboxylic acids is 1. The van der Waals surface area contributed by atoms with Crippen LogP contribution in [0.3, 0.4) is 0 Å². The molecule has 0 fully saturated rings. The third-order valence-corrected chi connectivity index (χ3v) is 2.88. The van der Waals surface area contributed by atoms with Crippen molar-refractivity contribution in [2.45, 2.75) is 26.3 Å². The van der Waals surface area contributed by atoms with Gasteiger partial charge in [0.15, 0.2) is 0 Å². The smallest absolute Gasteiger partial charge is 0.326 e. The topological polar surface area (TPSA) is 69.6 Å². The molecule has 0 aliphatic carbocycles. The van der Waals surface area contributed by atoms with Crippen LogP contribution in [-0.4, -0.2) is 35.1 Å². The third kappa shape index (κ3) is 3.67. The summed E-state index contributed by atoms with van der Waals surface area (Å²) in [6.07, 6.45) is 0.293. The van der Waals surface area contributed by atoms with Crippen molar-refractivity contribution in [3.05, 3.63) is 29.6 Å². The van der Waals surface area contributed by atoms with Crippen LogP contribution < -0.4 is 5.32 Å². The summed E-state index contributed by atoms with van der Waals surface area (Å²) in [5.74, 6) is -1.50. The second-order valence-electron chi connectivity index (χ2n) is 4.27. The van der Waals surface area contributed by atoms with E-state index >= 15 is 0 Å². The lowest BCUT2D eigenvalue weighted by atomic mass is 10.2. The summed E-state index contributed by atoms with van der Waals surface area (Å²) in [6, 6.07) is 2.81. The number of aryl methyl sites for hydroxylation is 1. The minimum Gasteiger partial charge on any atom is -0.480 e. The number of urea groups is 1. The summed E-state index contributed by atoms with van der Waals surface area (Å²) < 4.78 is 13.3. The highest BCUT2D eigenvalue weighted by Crippen LogP contribution is 2.14. The average molecular weight is 268 g/mol. The maximum Gasteiger partial charge on any atom is 0.326 e. The molecule has 0 heterocycles. The van der Waals surface area contributed by atoms with Crippen LogP contribution in [0, 0.1) is 12.7 Å². The van der Waals surface area contributed by atoms with E-state index in [0.29, 0.717) is 17.7 Å². The number of nitrogens with zero attached hydrogens (tertiary/aromatic N) is 1. The molecule has 1 unspecified atom stereocenters. The lowest BCUT2D eigenvalue weighted by molar-refractivity contribution is -0.141. The van der Waals surface area contributed by atoms with Crippen molar-refractivity contribution >= 4 is 17.7 Å². The fourth-order valence-corrected chi connectivity index (χ4v) is 1.64. The Bertz CT molecular complexity index is 491. The number of likely N-dealkylation sites (N-methyl/N-ethyl adjacent to an activating group) is 1. The molecule has 104 valence electrons. The van der Waals surface area contributed by atoms with Gasteiger partial charge >= 0.3 is 12.0 Å². The Hall–Kier alpha value is -2.11. The molecule has 0 radical (unpaired) electrons. The van der Waals surface area contributed by atoms with Gasteiger partial charge in [0, 0.05) is 12.7 Å². The number of rotatable bonds is 4. The molecule has 1 rings (SSSR count). The van der Waals surface area contributed by atoms with Crippen molar-refractivity contribution in [1.82, 2.24) is 4.90 Å². The van der Waals surface area contributed by atoms with E-state index in [9.17, 15) is 14.0 Å². The zero-order valence-electron chi connectivity index (χ0n) is 11.1. The Morgan fingerprint density at radius 1 is 1.47 bits per heavy atom. The van der Waals surface area contributed by atoms with Crippen molar-refractivity contribution in [3.63, 3.8) is 0 Å². The van der Waals surface area contributed by atoms with Gasteiger partial charge in [0.05, 0.1) is 0 Å². The zero-order valence-corrected chi connectivity index (χ0v) is 11.1. The minimum atomic E-state index is -1.07. The van der Waals surface area contributed by atoms with E-state index in [4.69, 9.17) is 5.11 Å². The van der Waals surface area contributed by atoms with E-state index in [0.717, 1.165) is 4.90 Å². The van der Waals surface area contributed by atoms with Crippen LogP contribution in [0.25, 0.3) is 0 Å². The molecule has 0 aliphatic heterocycles. The summed E-state index contributed by atoms with van der Waals surface area (Å²) in [7, 11) is 1.39. The Kier molecular flexibility index (Phi) is 4.86. The van der Waals surface area contributed by atoms with Crippen LogP contribution >= 0.6 is 0 Å². The number of hydrogen-bond acceptors (Lipinski definition) is 2. The molecule has 1 aromatic rings. The van der Waals surface area contributed by atoms with Crippen LogP contribution in [0.15, 0.2) is 18.2 Å². The molecule has 19 heavy (non-hydrogen) atoms. The molecule has 5 nitrogen and oxygen atoms in total. The first kappa shape index (κ1) is 14.9. The second-order valence-corrected chi connectivity index (χ2v) is 4.27. The van der Waals surface area contributed by atoms with Gasteiger partial charge in [0.2, 0.25) is 0 Å². The summed E-state index contributed by atoms with van der Waals surface area (Å²) in [5, 5.41) is 11.4. The Labute approximate surface area is 111 Å². The predicted octanol–water partition coefficient (Wildman–Crippen LogP) is 2.46. The van der Waals surface area contributed by atoms with Crippen molar-refractivity contribution < 1.29 is 19.1 Å². The largest absolute Gasteiger partial charge is 0.480 e. The van der Waals surface area contributed by atoms with Gasteiger partial charge in [-0.3, -0.25) is 0 Å². The summed E-state index contributed by atoms with van der Waals surface area (Å²) in [4.78, 5) is 23.9. The molecule has 0 saturated carbocycles. The molecule has 2 amide bonds. The van der Waals surface area contributed by atoms with Gasteiger partial charge < -0.3 is 15.3 Å². The van der Waals surface area contributed by atoms with Crippen LogP contribution in [0.4, 0.5) is 14.9 Å². The monoisotopic (exact) mass is 268 g/mol. The standard InChI is InChI=1S/C13H17FN2O3/c1-4-11(12(17)18)16(3)13(19)15-9-6-5-8(2)10(14)7-9/h5-7,11H,4H2,1-3H3,(H,15,19)(H,17,18). The van der Waals surface area contributed by atoms with E-state index in [1.807, 2.05) is 0 Å². The number of nitrogens with one attached hydrogen (secondary N) is 1. The van der Waals surface area contributed by atoms with E-state index in [1.165, 1.54) is 13.1 Å². The molecule has 6 heteroatoms. The lowest BCUT2D eigenvalue weighted by Crippen LogP contribution is -2.44. The van der Waals surface area contributed by atoms with E-state index in [-0.39, 0.29) is 0 Å². The Morgan fingerprint density at radius 2 is 2.11 bits per heavy atom. The first-order chi connectivity index (χ1) is 8.86. The fourth-order valence-electron chi connectivity index (χ4n) is 1.64. The van der Waals surface area contributed by atoms with Crippen LogP contribution in [0.1, 0.15) is 18.9 Å². The minimum absolute atomic E-state index is 0.292. The molecule has 0 aromatic heterocycles. The molecule has 0 saturated heterocycles. The number of carbonyl (C=O) groups is 2. The Morgan fingerprint density at radius 3 is 2.58 bits per heavy atom. The van der Waals surface area contributed by atoms with Crippen molar-refractivity contribution in [2.24, 2.45) is 0 Å². The second kappa shape index (κ2) is 6.17. The quantitative estimate of drug-likeness (QED) is 0.881. The van der Waals surface area contributed by atoms with Gasteiger partial charge in [-0.1, -0.05) is 13.0 Å². The highest BCUT2D eigenvalue weighted by Gasteiger charge is 2.24. The van der Waals surface area contributed by atoms with Gasteiger partial charge in [0.25, 0.3) is 0 Å². The van der Waals surface area contributed by atoms with Gasteiger partial charge in [-0.25, -0.2) is 14.0 Å². The molecule has 0 spiro atoms. The number of aliphatic carboxylic acids is 1. The maximum absolute atomic E-state index is 13.3. The van der Waals surface area contributed by atoms with Crippen molar-refractivity contribution in [1.29, 1.82) is 0 Å². The highest BCUT2D eigenvalue weighted by atomic mass is 19.1. The van der Waals surface area contributed by atoms with Gasteiger partial charge in [-0.05, 0) is 31.0 Å². The predicted molar refractivity (Wildman–Crippen MR) is 69.6 cm³/mol. The normalized spacial score (nSPS) is 11.8. The average Bonchev–Trinajstić information content (AvgIpc) is 2.34. The van der Waals surface area contributed by atoms with Gasteiger partial charge in [-0.15, -0.1) is 0 Å². The number of hydrogen-bond donors (Lipinski definition) is 2. The van der Waals surface area contributed by atoms with Crippen LogP contribution in [-0.2, 0) is 4.79 Å². The van der Waals surface area contributed by atoms with E-state index in [2.05, 4.69) is 5.32 Å². The number of carboxylic acids is 1. The molecule has 2 N–H and O–H groups in total. The molecule has 1 atom stereocenters. The third-order valence-electron chi connectivity index (χ3n) is 2.88. The van der Waals surface area contributed by atoms with Gasteiger partial charge in [0.1, 0.15) is 11.9 Å². The maximum atomic E-state index is 13.3. The first-order valence-electron chi connectivity index (χ1n) is 5.89. The Balaban J connectivity index is 2.78. The van der Waals surface area contributed by atoms with E-state index in [1.54, 1.807) is 26.0 Å². The number of carboxylic acid groups (broad SMARTS) is 1. The summed E-state index contributed by atoms with van der Waals surface area (Å²) >= 11 is 0. The SMILES string of the molecule is CCC(C(=O)O)N(C)C(=O)Nc1ccc(C)c(F)c1. The molecule has 1 aromatic carbocycles. The number of amides is 2. The summed E-state index contributed by atoms with van der Waals surface area (Å²) in [5.41, 5.74) is 0.767. The van der Waals surface area contributed by atoms with Gasteiger partial charge in [-0.2, -0.15) is 0 Å². The van der Waals surface area contributed by atoms with Crippen molar-refractivity contribution in [2.75, 3.05) is 12.4 Å². The summed E-state index contributed by atoms with van der Waals surface area (Å²) in [6.45, 7) is 3.29. The number of benzene rings is 1. The lowest BCUT2D eigenvalue weighted by Gasteiger charge is -2.24. The molecular formula is C13H17FN2O3. The van der Waals surface area contributed by atoms with Crippen LogP contribution in [0.5, 0.6) is 0 Å². The molecule has 0 bridgehead atoms. The number of halogens is 1.